The number of benzene rings is 4. The van der Waals surface area contributed by atoms with Crippen molar-refractivity contribution in [1.82, 2.24) is 9.97 Å². The SMILES string of the molecule is O=C([O-])[C@H](Cc1ccccc1)N=Cc1c[nH]c2ccccc12.O=C([O-])[C@H](Cc1ccccc1)N=Cc1c[nH]c2ccccc12.[Ni+2]. The maximum absolute atomic E-state index is 11.3. The zero-order valence-corrected chi connectivity index (χ0v) is 25.1. The van der Waals surface area contributed by atoms with Crippen molar-refractivity contribution in [2.45, 2.75) is 24.9 Å². The molecule has 6 rings (SSSR count). The molecule has 0 unspecified atom stereocenters. The van der Waals surface area contributed by atoms with E-state index in [1.54, 1.807) is 12.4 Å². The van der Waals surface area contributed by atoms with Crippen molar-refractivity contribution in [1.29, 1.82) is 0 Å². The van der Waals surface area contributed by atoms with Crippen LogP contribution in [0.15, 0.2) is 132 Å². The van der Waals surface area contributed by atoms with Gasteiger partial charge in [0.05, 0.1) is 24.0 Å². The van der Waals surface area contributed by atoms with Crippen molar-refractivity contribution in [2.75, 3.05) is 0 Å². The summed E-state index contributed by atoms with van der Waals surface area (Å²) in [6, 6.07) is 32.7. The standard InChI is InChI=1S/2C18H16N2O2.Ni/c2*21-18(22)17(10-13-6-2-1-3-7-13)20-12-14-11-19-16-9-5-4-8-15(14)16;/h2*1-9,11-12,17,19H,10H2,(H,21,22);/q;;+2/p-2/t2*17-;/m00./s1. The Hall–Kier alpha value is -5.27. The number of aliphatic imine (C=N–C) groups is 2. The zero-order valence-electron chi connectivity index (χ0n) is 24.1. The van der Waals surface area contributed by atoms with Crippen LogP contribution in [0.5, 0.6) is 0 Å². The maximum Gasteiger partial charge on any atom is 2.00 e. The van der Waals surface area contributed by atoms with Crippen molar-refractivity contribution in [3.63, 3.8) is 0 Å². The Labute approximate surface area is 270 Å². The molecule has 9 heteroatoms. The number of para-hydroxylation sites is 2. The molecule has 0 saturated heterocycles. The number of carbonyl (C=O) groups excluding carboxylic acids is 2. The van der Waals surface area contributed by atoms with Crippen LogP contribution in [0.25, 0.3) is 21.8 Å². The van der Waals surface area contributed by atoms with Gasteiger partial charge in [-0.1, -0.05) is 97.1 Å². The third-order valence-corrected chi connectivity index (χ3v) is 7.12. The molecule has 0 aliphatic carbocycles. The fraction of sp³-hybridized carbons (Fsp3) is 0.111. The monoisotopic (exact) mass is 640 g/mol. The number of fused-ring (bicyclic) bond motifs is 2. The van der Waals surface area contributed by atoms with Crippen molar-refractivity contribution in [3.05, 3.63) is 144 Å². The maximum atomic E-state index is 11.3. The fourth-order valence-corrected chi connectivity index (χ4v) is 4.81. The number of carboxylic acid groups (broad SMARTS) is 2. The van der Waals surface area contributed by atoms with E-state index in [0.29, 0.717) is 12.8 Å². The van der Waals surface area contributed by atoms with Gasteiger partial charge in [-0.3, -0.25) is 9.98 Å². The summed E-state index contributed by atoms with van der Waals surface area (Å²) in [5, 5.41) is 24.6. The minimum Gasteiger partial charge on any atom is -0.548 e. The fourth-order valence-electron chi connectivity index (χ4n) is 4.81. The Morgan fingerprint density at radius 1 is 0.578 bits per heavy atom. The summed E-state index contributed by atoms with van der Waals surface area (Å²) >= 11 is 0. The van der Waals surface area contributed by atoms with E-state index in [1.165, 1.54) is 0 Å². The first-order chi connectivity index (χ1) is 21.5. The van der Waals surface area contributed by atoms with Crippen LogP contribution >= 0.6 is 0 Å². The van der Waals surface area contributed by atoms with Crippen molar-refractivity contribution in [3.8, 4) is 0 Å². The van der Waals surface area contributed by atoms with Gasteiger partial charge in [-0.15, -0.1) is 0 Å². The molecule has 6 aromatic rings. The predicted molar refractivity (Wildman–Crippen MR) is 170 cm³/mol. The third kappa shape index (κ3) is 8.88. The number of hydrogen-bond acceptors (Lipinski definition) is 6. The summed E-state index contributed by atoms with van der Waals surface area (Å²) in [7, 11) is 0. The summed E-state index contributed by atoms with van der Waals surface area (Å²) in [4.78, 5) is 37.3. The van der Waals surface area contributed by atoms with Crippen LogP contribution in [0.3, 0.4) is 0 Å². The van der Waals surface area contributed by atoms with E-state index in [2.05, 4.69) is 20.0 Å². The quantitative estimate of drug-likeness (QED) is 0.173. The average molecular weight is 641 g/mol. The van der Waals surface area contributed by atoms with Gasteiger partial charge in [0.15, 0.2) is 0 Å². The second-order valence-corrected chi connectivity index (χ2v) is 10.2. The molecule has 2 heterocycles. The molecule has 0 spiro atoms. The smallest absolute Gasteiger partial charge is 0.548 e. The summed E-state index contributed by atoms with van der Waals surface area (Å²) in [6.07, 6.45) is 7.49. The number of aromatic amines is 2. The molecule has 2 aromatic heterocycles. The molecule has 8 nitrogen and oxygen atoms in total. The third-order valence-electron chi connectivity index (χ3n) is 7.12. The first kappa shape index (κ1) is 32.6. The Bertz CT molecular complexity index is 1760. The van der Waals surface area contributed by atoms with Gasteiger partial charge < -0.3 is 29.8 Å². The first-order valence-electron chi connectivity index (χ1n) is 14.2. The molecule has 4 aromatic carbocycles. The van der Waals surface area contributed by atoms with Gasteiger partial charge in [-0.25, -0.2) is 0 Å². The number of aromatic nitrogens is 2. The molecule has 0 aliphatic heterocycles. The molecule has 0 amide bonds. The minimum absolute atomic E-state index is 0. The topological polar surface area (TPSA) is 137 Å². The molecule has 0 aliphatic rings. The first-order valence-corrected chi connectivity index (χ1v) is 14.2. The van der Waals surface area contributed by atoms with Gasteiger partial charge in [-0.05, 0) is 23.3 Å². The van der Waals surface area contributed by atoms with E-state index < -0.39 is 24.0 Å². The summed E-state index contributed by atoms with van der Waals surface area (Å²) in [5.74, 6) is -2.33. The Kier molecular flexibility index (Phi) is 11.6. The molecule has 0 radical (unpaired) electrons. The molecular weight excluding hydrogens is 611 g/mol. The van der Waals surface area contributed by atoms with E-state index in [1.807, 2.05) is 122 Å². The molecule has 45 heavy (non-hydrogen) atoms. The number of H-pyrrole nitrogens is 2. The largest absolute Gasteiger partial charge is 2.00 e. The second kappa shape index (κ2) is 16.0. The number of carbonyl (C=O) groups is 2. The number of hydrogen-bond donors (Lipinski definition) is 2. The number of carboxylic acids is 2. The average Bonchev–Trinajstić information content (AvgIpc) is 3.66. The van der Waals surface area contributed by atoms with Gasteiger partial charge in [0.2, 0.25) is 0 Å². The summed E-state index contributed by atoms with van der Waals surface area (Å²) in [5.41, 5.74) is 5.58. The van der Waals surface area contributed by atoms with E-state index in [-0.39, 0.29) is 16.5 Å². The van der Waals surface area contributed by atoms with Crippen molar-refractivity contribution in [2.24, 2.45) is 9.98 Å². The number of aliphatic carboxylic acids is 2. The van der Waals surface area contributed by atoms with E-state index >= 15 is 0 Å². The predicted octanol–water partition coefficient (Wildman–Crippen LogP) is 3.89. The van der Waals surface area contributed by atoms with Crippen molar-refractivity contribution >= 4 is 46.2 Å². The van der Waals surface area contributed by atoms with Gasteiger partial charge in [0.1, 0.15) is 0 Å². The van der Waals surface area contributed by atoms with Gasteiger partial charge in [0.25, 0.3) is 0 Å². The zero-order chi connectivity index (χ0) is 30.7. The summed E-state index contributed by atoms with van der Waals surface area (Å²) < 4.78 is 0. The Morgan fingerprint density at radius 3 is 1.31 bits per heavy atom. The molecule has 0 bridgehead atoms. The van der Waals surface area contributed by atoms with Crippen LogP contribution in [0.2, 0.25) is 0 Å². The van der Waals surface area contributed by atoms with Crippen LogP contribution in [0, 0.1) is 0 Å². The number of nitrogens with zero attached hydrogens (tertiary/aromatic N) is 2. The van der Waals surface area contributed by atoms with Gasteiger partial charge in [0, 0.05) is 70.6 Å². The van der Waals surface area contributed by atoms with Crippen molar-refractivity contribution < 1.29 is 36.3 Å². The van der Waals surface area contributed by atoms with Crippen LogP contribution < -0.4 is 10.2 Å². The van der Waals surface area contributed by atoms with E-state index in [0.717, 1.165) is 44.1 Å². The van der Waals surface area contributed by atoms with Crippen LogP contribution in [0.1, 0.15) is 22.3 Å². The van der Waals surface area contributed by atoms with Crippen LogP contribution in [-0.4, -0.2) is 46.4 Å². The molecule has 0 fully saturated rings. The van der Waals surface area contributed by atoms with Gasteiger partial charge in [-0.2, -0.15) is 0 Å². The van der Waals surface area contributed by atoms with E-state index in [4.69, 9.17) is 0 Å². The molecule has 228 valence electrons. The Balaban J connectivity index is 0.000000200. The number of rotatable bonds is 10. The Morgan fingerprint density at radius 2 is 0.933 bits per heavy atom. The molecule has 2 N–H and O–H groups in total. The minimum atomic E-state index is -1.17. The molecule has 0 saturated carbocycles. The van der Waals surface area contributed by atoms with E-state index in [9.17, 15) is 19.8 Å². The van der Waals surface area contributed by atoms with Gasteiger partial charge >= 0.3 is 16.5 Å². The normalized spacial score (nSPS) is 12.4. The molecule has 2 atom stereocenters. The number of nitrogens with one attached hydrogen (secondary N) is 2. The second-order valence-electron chi connectivity index (χ2n) is 10.2. The van der Waals surface area contributed by atoms with Crippen LogP contribution in [0.4, 0.5) is 0 Å². The summed E-state index contributed by atoms with van der Waals surface area (Å²) in [6.45, 7) is 0. The molecular formula is C36H30N4NiO4. The van der Waals surface area contributed by atoms with Crippen LogP contribution in [-0.2, 0) is 38.9 Å².